The Hall–Kier alpha value is -0.550. The molecule has 2 heteroatoms. The second-order valence-corrected chi connectivity index (χ2v) is 3.93. The molecular formula is C12H23NO. The highest BCUT2D eigenvalue weighted by Gasteiger charge is 2.01. The summed E-state index contributed by atoms with van der Waals surface area (Å²) in [4.78, 5) is 0. The molecule has 0 saturated carbocycles. The molecule has 0 rings (SSSR count). The van der Waals surface area contributed by atoms with Gasteiger partial charge in [-0.05, 0) is 6.42 Å². The largest absolute Gasteiger partial charge is 0.392 e. The Labute approximate surface area is 87.9 Å². The molecule has 0 radical (unpaired) electrons. The number of aliphatic hydroxyl groups excluding tert-OH is 1. The summed E-state index contributed by atoms with van der Waals surface area (Å²) in [7, 11) is 0. The Balaban J connectivity index is 3.02. The van der Waals surface area contributed by atoms with E-state index in [-0.39, 0.29) is 6.42 Å². The minimum Gasteiger partial charge on any atom is -0.392 e. The smallest absolute Gasteiger partial charge is 0.0670 e. The van der Waals surface area contributed by atoms with Crippen LogP contribution in [0, 0.1) is 11.3 Å². The molecule has 0 aliphatic carbocycles. The van der Waals surface area contributed by atoms with Gasteiger partial charge in [-0.15, -0.1) is 0 Å². The van der Waals surface area contributed by atoms with E-state index in [0.717, 1.165) is 12.8 Å². The molecule has 0 spiro atoms. The van der Waals surface area contributed by atoms with Crippen molar-refractivity contribution < 1.29 is 5.11 Å². The van der Waals surface area contributed by atoms with Gasteiger partial charge in [0, 0.05) is 0 Å². The van der Waals surface area contributed by atoms with Crippen LogP contribution in [0.5, 0.6) is 0 Å². The van der Waals surface area contributed by atoms with E-state index in [2.05, 4.69) is 6.92 Å². The maximum Gasteiger partial charge on any atom is 0.0670 e. The summed E-state index contributed by atoms with van der Waals surface area (Å²) in [5, 5.41) is 17.6. The summed E-state index contributed by atoms with van der Waals surface area (Å²) < 4.78 is 0. The predicted molar refractivity (Wildman–Crippen MR) is 58.8 cm³/mol. The van der Waals surface area contributed by atoms with Gasteiger partial charge in [0.25, 0.3) is 0 Å². The predicted octanol–water partition coefficient (Wildman–Crippen LogP) is 3.40. The van der Waals surface area contributed by atoms with Crippen LogP contribution < -0.4 is 0 Å². The summed E-state index contributed by atoms with van der Waals surface area (Å²) in [5.41, 5.74) is 0. The lowest BCUT2D eigenvalue weighted by atomic mass is 10.1. The first-order valence-corrected chi connectivity index (χ1v) is 5.86. The van der Waals surface area contributed by atoms with Gasteiger partial charge in [0.2, 0.25) is 0 Å². The summed E-state index contributed by atoms with van der Waals surface area (Å²) >= 11 is 0. The van der Waals surface area contributed by atoms with E-state index in [0.29, 0.717) is 0 Å². The van der Waals surface area contributed by atoms with E-state index >= 15 is 0 Å². The third-order valence-electron chi connectivity index (χ3n) is 2.47. The Morgan fingerprint density at radius 2 is 1.64 bits per heavy atom. The summed E-state index contributed by atoms with van der Waals surface area (Å²) in [5.74, 6) is 0. The molecule has 82 valence electrons. The van der Waals surface area contributed by atoms with Gasteiger partial charge < -0.3 is 5.11 Å². The highest BCUT2D eigenvalue weighted by Crippen LogP contribution is 2.10. The van der Waals surface area contributed by atoms with Gasteiger partial charge >= 0.3 is 0 Å². The van der Waals surface area contributed by atoms with Crippen molar-refractivity contribution in [2.75, 3.05) is 0 Å². The number of hydrogen-bond donors (Lipinski definition) is 1. The van der Waals surface area contributed by atoms with Crippen molar-refractivity contribution >= 4 is 0 Å². The van der Waals surface area contributed by atoms with Crippen LogP contribution in [0.4, 0.5) is 0 Å². The fourth-order valence-electron chi connectivity index (χ4n) is 1.54. The standard InChI is InChI=1S/C12H23NO/c1-2-3-4-5-6-7-8-9-12(14)10-11-13/h12,14H,2-10H2,1H3. The fourth-order valence-corrected chi connectivity index (χ4v) is 1.54. The quantitative estimate of drug-likeness (QED) is 0.576. The van der Waals surface area contributed by atoms with E-state index in [1.807, 2.05) is 6.07 Å². The molecule has 0 heterocycles. The Bertz CT molecular complexity index is 151. The number of unbranched alkanes of at least 4 members (excludes halogenated alkanes) is 6. The first-order chi connectivity index (χ1) is 6.81. The van der Waals surface area contributed by atoms with Crippen molar-refractivity contribution in [2.45, 2.75) is 70.8 Å². The van der Waals surface area contributed by atoms with Crippen molar-refractivity contribution in [1.29, 1.82) is 5.26 Å². The minimum atomic E-state index is -0.393. The fraction of sp³-hybridized carbons (Fsp3) is 0.917. The van der Waals surface area contributed by atoms with Crippen LogP contribution in [0.2, 0.25) is 0 Å². The summed E-state index contributed by atoms with van der Waals surface area (Å²) in [6.07, 6.45) is 9.53. The molecule has 1 N–H and O–H groups in total. The SMILES string of the molecule is CCCCCCCCCC(O)CC#N. The molecule has 0 aliphatic rings. The maximum atomic E-state index is 9.27. The molecule has 0 fully saturated rings. The lowest BCUT2D eigenvalue weighted by Gasteiger charge is -2.05. The molecule has 0 bridgehead atoms. The van der Waals surface area contributed by atoms with Gasteiger partial charge in [-0.25, -0.2) is 0 Å². The van der Waals surface area contributed by atoms with Crippen LogP contribution in [0.15, 0.2) is 0 Å². The van der Waals surface area contributed by atoms with Crippen molar-refractivity contribution in [1.82, 2.24) is 0 Å². The Morgan fingerprint density at radius 3 is 2.21 bits per heavy atom. The van der Waals surface area contributed by atoms with Crippen LogP contribution in [-0.2, 0) is 0 Å². The molecule has 0 aliphatic heterocycles. The molecule has 0 saturated heterocycles. The van der Waals surface area contributed by atoms with Gasteiger partial charge in [0.1, 0.15) is 0 Å². The molecular weight excluding hydrogens is 174 g/mol. The molecule has 0 aromatic heterocycles. The van der Waals surface area contributed by atoms with Crippen LogP contribution >= 0.6 is 0 Å². The van der Waals surface area contributed by atoms with E-state index in [1.54, 1.807) is 0 Å². The highest BCUT2D eigenvalue weighted by molar-refractivity contribution is 4.74. The second kappa shape index (κ2) is 10.5. The third kappa shape index (κ3) is 9.54. The Morgan fingerprint density at radius 1 is 1.07 bits per heavy atom. The van der Waals surface area contributed by atoms with Crippen molar-refractivity contribution in [3.63, 3.8) is 0 Å². The van der Waals surface area contributed by atoms with Crippen molar-refractivity contribution in [2.24, 2.45) is 0 Å². The van der Waals surface area contributed by atoms with Crippen molar-refractivity contribution in [3.8, 4) is 6.07 Å². The minimum absolute atomic E-state index is 0.288. The average molecular weight is 197 g/mol. The molecule has 0 aromatic carbocycles. The zero-order valence-corrected chi connectivity index (χ0v) is 9.34. The maximum absolute atomic E-state index is 9.27. The van der Waals surface area contributed by atoms with E-state index in [1.165, 1.54) is 38.5 Å². The van der Waals surface area contributed by atoms with Gasteiger partial charge in [-0.3, -0.25) is 0 Å². The number of aliphatic hydroxyl groups is 1. The van der Waals surface area contributed by atoms with Gasteiger partial charge in [0.05, 0.1) is 18.6 Å². The number of rotatable bonds is 9. The van der Waals surface area contributed by atoms with Gasteiger partial charge in [0.15, 0.2) is 0 Å². The molecule has 0 amide bonds. The Kier molecular flexibility index (Phi) is 10.1. The zero-order valence-electron chi connectivity index (χ0n) is 9.34. The normalized spacial score (nSPS) is 12.4. The zero-order chi connectivity index (χ0) is 10.6. The molecule has 0 aromatic rings. The number of nitriles is 1. The first-order valence-electron chi connectivity index (χ1n) is 5.86. The molecule has 2 nitrogen and oxygen atoms in total. The van der Waals surface area contributed by atoms with Crippen LogP contribution in [0.3, 0.4) is 0 Å². The summed E-state index contributed by atoms with van der Waals surface area (Å²) in [6, 6.07) is 1.99. The van der Waals surface area contributed by atoms with Gasteiger partial charge in [-0.1, -0.05) is 51.9 Å². The highest BCUT2D eigenvalue weighted by atomic mass is 16.3. The molecule has 14 heavy (non-hydrogen) atoms. The van der Waals surface area contributed by atoms with Gasteiger partial charge in [-0.2, -0.15) is 5.26 Å². The number of hydrogen-bond acceptors (Lipinski definition) is 2. The first kappa shape index (κ1) is 13.4. The molecule has 1 unspecified atom stereocenters. The van der Waals surface area contributed by atoms with Crippen LogP contribution in [-0.4, -0.2) is 11.2 Å². The topological polar surface area (TPSA) is 44.0 Å². The van der Waals surface area contributed by atoms with E-state index in [9.17, 15) is 5.11 Å². The lowest BCUT2D eigenvalue weighted by Crippen LogP contribution is -2.04. The summed E-state index contributed by atoms with van der Waals surface area (Å²) in [6.45, 7) is 2.22. The van der Waals surface area contributed by atoms with Crippen LogP contribution in [0.25, 0.3) is 0 Å². The average Bonchev–Trinajstić information content (AvgIpc) is 2.17. The number of nitrogens with zero attached hydrogens (tertiary/aromatic N) is 1. The lowest BCUT2D eigenvalue weighted by molar-refractivity contribution is 0.165. The second-order valence-electron chi connectivity index (χ2n) is 3.93. The van der Waals surface area contributed by atoms with E-state index in [4.69, 9.17) is 5.26 Å². The molecule has 1 atom stereocenters. The van der Waals surface area contributed by atoms with E-state index < -0.39 is 6.10 Å². The van der Waals surface area contributed by atoms with Crippen molar-refractivity contribution in [3.05, 3.63) is 0 Å². The van der Waals surface area contributed by atoms with Crippen LogP contribution in [0.1, 0.15) is 64.7 Å². The third-order valence-corrected chi connectivity index (χ3v) is 2.47. The monoisotopic (exact) mass is 197 g/mol.